The Kier molecular flexibility index (Phi) is 7.07. The lowest BCUT2D eigenvalue weighted by molar-refractivity contribution is -0.143. The Morgan fingerprint density at radius 1 is 1.00 bits per heavy atom. The van der Waals surface area contributed by atoms with Gasteiger partial charge in [0.1, 0.15) is 17.2 Å². The number of halogens is 8. The largest absolute Gasteiger partial charge is 0.416 e. The van der Waals surface area contributed by atoms with Crippen LogP contribution in [0.5, 0.6) is 0 Å². The fourth-order valence-corrected chi connectivity index (χ4v) is 7.27. The molecule has 250 valence electrons. The number of amides is 2. The maximum absolute atomic E-state index is 16.8. The highest BCUT2D eigenvalue weighted by Gasteiger charge is 2.57. The molecular formula is C33H31F8N5O. The van der Waals surface area contributed by atoms with Crippen LogP contribution in [0.3, 0.4) is 0 Å². The van der Waals surface area contributed by atoms with Crippen LogP contribution < -0.4 is 11.1 Å². The van der Waals surface area contributed by atoms with Crippen LogP contribution in [0.15, 0.2) is 54.1 Å². The Morgan fingerprint density at radius 2 is 1.68 bits per heavy atom. The van der Waals surface area contributed by atoms with Gasteiger partial charge in [0.25, 0.3) is 0 Å². The van der Waals surface area contributed by atoms with Gasteiger partial charge in [-0.25, -0.2) is 18.3 Å². The van der Waals surface area contributed by atoms with Crippen molar-refractivity contribution >= 4 is 11.6 Å². The summed E-state index contributed by atoms with van der Waals surface area (Å²) in [5.41, 5.74) is 0.0379. The van der Waals surface area contributed by atoms with Crippen molar-refractivity contribution in [3.05, 3.63) is 98.9 Å². The van der Waals surface area contributed by atoms with Crippen molar-refractivity contribution in [1.82, 2.24) is 20.0 Å². The zero-order chi connectivity index (χ0) is 34.6. The standard InChI is InChI=1S/C33H31F8N5O/c1-6-16-8-7-9-19-23-25(35)30(4,43-28(42)47)13-22(34)31(23,5)27-20-15-45(29(2,3)26(20)44-46(27)24(16)19)14-17-10-11-18(32(36,37)38)12-21(17)33(39,40)41/h7-13H,6,14-15H2,1-5H3,(H3,42,43,47). The molecule has 2 unspecified atom stereocenters. The average Bonchev–Trinajstić information content (AvgIpc) is 3.45. The number of hydrogen-bond donors (Lipinski definition) is 2. The molecule has 14 heteroatoms. The monoisotopic (exact) mass is 665 g/mol. The number of urea groups is 1. The van der Waals surface area contributed by atoms with Gasteiger partial charge in [0, 0.05) is 29.8 Å². The molecule has 2 amide bonds. The summed E-state index contributed by atoms with van der Waals surface area (Å²) >= 11 is 0. The van der Waals surface area contributed by atoms with E-state index in [9.17, 15) is 31.1 Å². The number of nitrogens with one attached hydrogen (secondary N) is 1. The fraction of sp³-hybridized carbons (Fsp3) is 0.394. The number of carbonyl (C=O) groups excluding carboxylic acids is 1. The Hall–Kier alpha value is -4.20. The van der Waals surface area contributed by atoms with Crippen LogP contribution in [-0.4, -0.2) is 26.3 Å². The van der Waals surface area contributed by atoms with Gasteiger partial charge in [0.2, 0.25) is 0 Å². The van der Waals surface area contributed by atoms with E-state index in [1.54, 1.807) is 35.6 Å². The summed E-state index contributed by atoms with van der Waals surface area (Å²) in [6.07, 6.45) is -8.59. The minimum Gasteiger partial charge on any atom is -0.352 e. The first-order valence-electron chi connectivity index (χ1n) is 14.8. The first kappa shape index (κ1) is 32.7. The molecule has 6 nitrogen and oxygen atoms in total. The van der Waals surface area contributed by atoms with E-state index in [1.807, 2.05) is 13.0 Å². The van der Waals surface area contributed by atoms with Gasteiger partial charge < -0.3 is 11.1 Å². The lowest BCUT2D eigenvalue weighted by Gasteiger charge is -2.44. The molecule has 1 aromatic heterocycles. The minimum absolute atomic E-state index is 0.0485. The molecule has 0 saturated carbocycles. The second kappa shape index (κ2) is 10.1. The van der Waals surface area contributed by atoms with Crippen LogP contribution in [0.2, 0.25) is 0 Å². The minimum atomic E-state index is -5.07. The summed E-state index contributed by atoms with van der Waals surface area (Å²) in [6.45, 7) is 7.61. The van der Waals surface area contributed by atoms with Crippen LogP contribution in [0.25, 0.3) is 11.3 Å². The molecule has 0 spiro atoms. The van der Waals surface area contributed by atoms with Crippen molar-refractivity contribution in [2.24, 2.45) is 5.73 Å². The van der Waals surface area contributed by atoms with E-state index in [1.165, 1.54) is 13.8 Å². The summed E-state index contributed by atoms with van der Waals surface area (Å²) in [6, 6.07) is 5.64. The number of aryl methyl sites for hydroxylation is 1. The number of rotatable bonds is 4. The molecule has 3 heterocycles. The predicted octanol–water partition coefficient (Wildman–Crippen LogP) is 7.97. The van der Waals surface area contributed by atoms with Crippen molar-refractivity contribution in [2.75, 3.05) is 0 Å². The van der Waals surface area contributed by atoms with Gasteiger partial charge in [-0.1, -0.05) is 31.2 Å². The number of fused-ring (bicyclic) bond motifs is 8. The topological polar surface area (TPSA) is 76.2 Å². The second-order valence-corrected chi connectivity index (χ2v) is 13.0. The first-order chi connectivity index (χ1) is 21.7. The molecule has 3 aliphatic rings. The maximum Gasteiger partial charge on any atom is 0.416 e. The highest BCUT2D eigenvalue weighted by molar-refractivity contribution is 5.90. The number of benzene rings is 2. The maximum atomic E-state index is 16.8. The number of aromatic nitrogens is 2. The van der Waals surface area contributed by atoms with Crippen LogP contribution in [0.1, 0.15) is 79.4 Å². The molecule has 1 aliphatic carbocycles. The van der Waals surface area contributed by atoms with E-state index in [4.69, 9.17) is 10.8 Å². The molecule has 2 aromatic carbocycles. The summed E-state index contributed by atoms with van der Waals surface area (Å²) < 4.78 is 117. The van der Waals surface area contributed by atoms with Gasteiger partial charge in [-0.3, -0.25) is 4.90 Å². The number of hydrogen-bond acceptors (Lipinski definition) is 3. The number of nitrogens with zero attached hydrogens (tertiary/aromatic N) is 3. The highest BCUT2D eigenvalue weighted by atomic mass is 19.4. The van der Waals surface area contributed by atoms with Crippen molar-refractivity contribution in [3.63, 3.8) is 0 Å². The molecule has 0 fully saturated rings. The Morgan fingerprint density at radius 3 is 2.28 bits per heavy atom. The number of allylic oxidation sites excluding steroid dienone is 2. The van der Waals surface area contributed by atoms with Crippen molar-refractivity contribution < 1.29 is 39.9 Å². The van der Waals surface area contributed by atoms with E-state index >= 15 is 8.78 Å². The molecular weight excluding hydrogens is 634 g/mol. The fourth-order valence-electron chi connectivity index (χ4n) is 7.27. The Labute approximate surface area is 264 Å². The van der Waals surface area contributed by atoms with Gasteiger partial charge in [0.15, 0.2) is 0 Å². The molecule has 0 bridgehead atoms. The number of nitrogens with two attached hydrogens (primary N) is 1. The lowest BCUT2D eigenvalue weighted by atomic mass is 9.65. The van der Waals surface area contributed by atoms with E-state index in [-0.39, 0.29) is 29.4 Å². The first-order valence-corrected chi connectivity index (χ1v) is 14.8. The van der Waals surface area contributed by atoms with Gasteiger partial charge in [0.05, 0.1) is 39.2 Å². The van der Waals surface area contributed by atoms with Crippen LogP contribution >= 0.6 is 0 Å². The molecule has 0 saturated heterocycles. The lowest BCUT2D eigenvalue weighted by Crippen LogP contribution is -2.52. The smallest absolute Gasteiger partial charge is 0.352 e. The van der Waals surface area contributed by atoms with Gasteiger partial charge in [-0.15, -0.1) is 0 Å². The molecule has 47 heavy (non-hydrogen) atoms. The van der Waals surface area contributed by atoms with Crippen LogP contribution in [0, 0.1) is 0 Å². The summed E-state index contributed by atoms with van der Waals surface area (Å²) in [4.78, 5) is 13.5. The quantitative estimate of drug-likeness (QED) is 0.278. The van der Waals surface area contributed by atoms with Gasteiger partial charge in [-0.2, -0.15) is 31.4 Å². The molecule has 0 radical (unpaired) electrons. The number of para-hydroxylation sites is 1. The third-order valence-corrected chi connectivity index (χ3v) is 9.71. The summed E-state index contributed by atoms with van der Waals surface area (Å²) in [7, 11) is 0. The molecule has 3 aromatic rings. The number of primary amides is 1. The normalized spacial score (nSPS) is 23.6. The van der Waals surface area contributed by atoms with Crippen molar-refractivity contribution in [2.45, 2.75) is 83.0 Å². The third kappa shape index (κ3) is 4.69. The molecule has 2 aliphatic heterocycles. The third-order valence-electron chi connectivity index (χ3n) is 9.71. The van der Waals surface area contributed by atoms with E-state index in [0.29, 0.717) is 35.0 Å². The molecule has 2 atom stereocenters. The zero-order valence-corrected chi connectivity index (χ0v) is 26.0. The Balaban J connectivity index is 1.55. The average molecular weight is 666 g/mol. The summed E-state index contributed by atoms with van der Waals surface area (Å²) in [5, 5.41) is 7.19. The van der Waals surface area contributed by atoms with Gasteiger partial charge >= 0.3 is 18.4 Å². The van der Waals surface area contributed by atoms with Crippen molar-refractivity contribution in [1.29, 1.82) is 0 Å². The van der Waals surface area contributed by atoms with E-state index in [2.05, 4.69) is 5.32 Å². The highest BCUT2D eigenvalue weighted by Crippen LogP contribution is 2.59. The van der Waals surface area contributed by atoms with E-state index in [0.717, 1.165) is 17.7 Å². The molecule has 3 N–H and O–H groups in total. The predicted molar refractivity (Wildman–Crippen MR) is 157 cm³/mol. The summed E-state index contributed by atoms with van der Waals surface area (Å²) in [5.74, 6) is -1.65. The number of carbonyl (C=O) groups is 1. The Bertz CT molecular complexity index is 1900. The molecule has 6 rings (SSSR count). The zero-order valence-electron chi connectivity index (χ0n) is 26.0. The van der Waals surface area contributed by atoms with Crippen LogP contribution in [0.4, 0.5) is 39.9 Å². The number of alkyl halides is 6. The van der Waals surface area contributed by atoms with Gasteiger partial charge in [-0.05, 0) is 63.5 Å². The second-order valence-electron chi connectivity index (χ2n) is 13.0. The van der Waals surface area contributed by atoms with Crippen LogP contribution in [-0.2, 0) is 42.8 Å². The SMILES string of the molecule is CCc1cccc2c1-n1nc3c(c1C1(C)C(F)=CC(C)(NC(N)=O)C(F)=C21)CN(Cc1ccc(C(F)(F)F)cc1C(F)(F)F)C3(C)C. The van der Waals surface area contributed by atoms with Crippen molar-refractivity contribution in [3.8, 4) is 5.69 Å². The van der Waals surface area contributed by atoms with E-state index < -0.39 is 64.2 Å².